The summed E-state index contributed by atoms with van der Waals surface area (Å²) < 4.78 is 2.02. The van der Waals surface area contributed by atoms with Gasteiger partial charge in [-0.1, -0.05) is 13.3 Å². The lowest BCUT2D eigenvalue weighted by Crippen LogP contribution is -2.30. The molecule has 0 atom stereocenters. The third-order valence-electron chi connectivity index (χ3n) is 3.09. The lowest BCUT2D eigenvalue weighted by molar-refractivity contribution is -0.121. The van der Waals surface area contributed by atoms with E-state index in [1.807, 2.05) is 10.8 Å². The first-order chi connectivity index (χ1) is 9.22. The van der Waals surface area contributed by atoms with Crippen molar-refractivity contribution in [2.24, 2.45) is 0 Å². The van der Waals surface area contributed by atoms with Crippen LogP contribution in [0.2, 0.25) is 0 Å². The monoisotopic (exact) mass is 266 g/mol. The van der Waals surface area contributed by atoms with Crippen LogP contribution in [0.15, 0.2) is 18.7 Å². The highest BCUT2D eigenvalue weighted by molar-refractivity contribution is 5.75. The largest absolute Gasteiger partial charge is 0.356 e. The molecule has 0 aliphatic heterocycles. The molecule has 0 unspecified atom stereocenters. The zero-order valence-electron chi connectivity index (χ0n) is 12.1. The number of amides is 1. The third kappa shape index (κ3) is 7.62. The van der Waals surface area contributed by atoms with Gasteiger partial charge in [0.15, 0.2) is 0 Å². The maximum Gasteiger partial charge on any atom is 0.221 e. The zero-order chi connectivity index (χ0) is 13.9. The molecule has 1 aromatic rings. The molecule has 0 spiro atoms. The Balaban J connectivity index is 1.98. The van der Waals surface area contributed by atoms with Crippen molar-refractivity contribution in [3.63, 3.8) is 0 Å². The van der Waals surface area contributed by atoms with Crippen LogP contribution in [0.5, 0.6) is 0 Å². The number of imidazole rings is 1. The lowest BCUT2D eigenvalue weighted by atomic mass is 10.3. The molecule has 0 bridgehead atoms. The van der Waals surface area contributed by atoms with E-state index in [1.54, 1.807) is 12.5 Å². The number of carbonyl (C=O) groups excluding carboxylic acids is 1. The molecule has 19 heavy (non-hydrogen) atoms. The summed E-state index contributed by atoms with van der Waals surface area (Å²) in [7, 11) is 2.07. The Morgan fingerprint density at radius 2 is 2.21 bits per heavy atom. The molecular weight excluding hydrogens is 240 g/mol. The van der Waals surface area contributed by atoms with Gasteiger partial charge in [-0.25, -0.2) is 4.98 Å². The highest BCUT2D eigenvalue weighted by Crippen LogP contribution is 1.94. The lowest BCUT2D eigenvalue weighted by Gasteiger charge is -2.15. The highest BCUT2D eigenvalue weighted by Gasteiger charge is 2.03. The van der Waals surface area contributed by atoms with Crippen LogP contribution in [0.25, 0.3) is 0 Å². The second-order valence-electron chi connectivity index (χ2n) is 4.91. The molecule has 0 aromatic carbocycles. The topological polar surface area (TPSA) is 50.2 Å². The molecule has 0 radical (unpaired) electrons. The number of aromatic nitrogens is 2. The van der Waals surface area contributed by atoms with Crippen molar-refractivity contribution in [2.75, 3.05) is 26.7 Å². The van der Waals surface area contributed by atoms with Gasteiger partial charge in [0.1, 0.15) is 0 Å². The van der Waals surface area contributed by atoms with Crippen LogP contribution in [0, 0.1) is 0 Å². The molecule has 1 aromatic heterocycles. The molecule has 1 amide bonds. The Labute approximate surface area is 116 Å². The normalized spacial score (nSPS) is 10.9. The molecule has 0 aliphatic rings. The van der Waals surface area contributed by atoms with Crippen LogP contribution in [0.4, 0.5) is 0 Å². The molecule has 1 heterocycles. The smallest absolute Gasteiger partial charge is 0.221 e. The summed E-state index contributed by atoms with van der Waals surface area (Å²) in [6.07, 6.45) is 9.42. The first-order valence-corrected chi connectivity index (χ1v) is 7.13. The SMILES string of the molecule is CCCCN(C)CCC(=O)NCCCn1ccnc1. The summed E-state index contributed by atoms with van der Waals surface area (Å²) >= 11 is 0. The summed E-state index contributed by atoms with van der Waals surface area (Å²) in [5, 5.41) is 2.96. The van der Waals surface area contributed by atoms with Crippen LogP contribution < -0.4 is 5.32 Å². The number of rotatable bonds is 10. The van der Waals surface area contributed by atoms with Crippen molar-refractivity contribution >= 4 is 5.91 Å². The van der Waals surface area contributed by atoms with Crippen LogP contribution in [0.1, 0.15) is 32.6 Å². The molecule has 0 saturated heterocycles. The molecule has 5 heteroatoms. The fourth-order valence-electron chi connectivity index (χ4n) is 1.83. The number of carbonyl (C=O) groups is 1. The van der Waals surface area contributed by atoms with E-state index in [-0.39, 0.29) is 5.91 Å². The van der Waals surface area contributed by atoms with E-state index in [9.17, 15) is 4.79 Å². The molecular formula is C14H26N4O. The van der Waals surface area contributed by atoms with Gasteiger partial charge in [-0.05, 0) is 26.4 Å². The number of nitrogens with zero attached hydrogens (tertiary/aromatic N) is 3. The van der Waals surface area contributed by atoms with Gasteiger partial charge in [0.25, 0.3) is 0 Å². The van der Waals surface area contributed by atoms with Crippen molar-refractivity contribution in [2.45, 2.75) is 39.2 Å². The minimum Gasteiger partial charge on any atom is -0.356 e. The molecule has 0 fully saturated rings. The predicted octanol–water partition coefficient (Wildman–Crippen LogP) is 1.51. The van der Waals surface area contributed by atoms with Gasteiger partial charge in [0.2, 0.25) is 5.91 Å². The second-order valence-corrected chi connectivity index (χ2v) is 4.91. The fourth-order valence-corrected chi connectivity index (χ4v) is 1.83. The average molecular weight is 266 g/mol. The van der Waals surface area contributed by atoms with Gasteiger partial charge < -0.3 is 14.8 Å². The van der Waals surface area contributed by atoms with Crippen molar-refractivity contribution < 1.29 is 4.79 Å². The van der Waals surface area contributed by atoms with Gasteiger partial charge in [0, 0.05) is 38.4 Å². The molecule has 5 nitrogen and oxygen atoms in total. The van der Waals surface area contributed by atoms with Crippen LogP contribution in [-0.2, 0) is 11.3 Å². The first kappa shape index (κ1) is 15.7. The number of aryl methyl sites for hydroxylation is 1. The molecule has 0 saturated carbocycles. The Morgan fingerprint density at radius 1 is 1.37 bits per heavy atom. The van der Waals surface area contributed by atoms with Crippen molar-refractivity contribution in [1.82, 2.24) is 19.8 Å². The van der Waals surface area contributed by atoms with E-state index < -0.39 is 0 Å². The summed E-state index contributed by atoms with van der Waals surface area (Å²) in [5.41, 5.74) is 0. The zero-order valence-corrected chi connectivity index (χ0v) is 12.1. The van der Waals surface area contributed by atoms with Gasteiger partial charge in [-0.3, -0.25) is 4.79 Å². The Bertz CT molecular complexity index is 337. The van der Waals surface area contributed by atoms with E-state index in [4.69, 9.17) is 0 Å². The van der Waals surface area contributed by atoms with Crippen LogP contribution in [-0.4, -0.2) is 47.0 Å². The Kier molecular flexibility index (Phi) is 7.89. The first-order valence-electron chi connectivity index (χ1n) is 7.13. The summed E-state index contributed by atoms with van der Waals surface area (Å²) in [4.78, 5) is 17.8. The predicted molar refractivity (Wildman–Crippen MR) is 76.9 cm³/mol. The van der Waals surface area contributed by atoms with Crippen molar-refractivity contribution in [1.29, 1.82) is 0 Å². The maximum absolute atomic E-state index is 11.6. The quantitative estimate of drug-likeness (QED) is 0.653. The average Bonchev–Trinajstić information content (AvgIpc) is 2.92. The number of hydrogen-bond donors (Lipinski definition) is 1. The summed E-state index contributed by atoms with van der Waals surface area (Å²) in [6.45, 7) is 5.73. The van der Waals surface area contributed by atoms with Crippen molar-refractivity contribution in [3.8, 4) is 0 Å². The molecule has 108 valence electrons. The Morgan fingerprint density at radius 3 is 2.89 bits per heavy atom. The number of hydrogen-bond acceptors (Lipinski definition) is 3. The second kappa shape index (κ2) is 9.55. The molecule has 1 rings (SSSR count). The van der Waals surface area contributed by atoms with E-state index in [0.29, 0.717) is 6.42 Å². The Hall–Kier alpha value is -1.36. The number of unbranched alkanes of at least 4 members (excludes halogenated alkanes) is 1. The van der Waals surface area contributed by atoms with Gasteiger partial charge in [-0.15, -0.1) is 0 Å². The van der Waals surface area contributed by atoms with Gasteiger partial charge >= 0.3 is 0 Å². The van der Waals surface area contributed by atoms with E-state index >= 15 is 0 Å². The standard InChI is InChI=1S/C14H26N4O/c1-3-4-9-17(2)11-6-14(19)16-7-5-10-18-12-8-15-13-18/h8,12-13H,3-7,9-11H2,1-2H3,(H,16,19). The van der Waals surface area contributed by atoms with E-state index in [0.717, 1.165) is 32.6 Å². The minimum absolute atomic E-state index is 0.147. The van der Waals surface area contributed by atoms with Gasteiger partial charge in [-0.2, -0.15) is 0 Å². The van der Waals surface area contributed by atoms with E-state index in [2.05, 4.69) is 29.2 Å². The number of nitrogens with one attached hydrogen (secondary N) is 1. The van der Waals surface area contributed by atoms with Crippen molar-refractivity contribution in [3.05, 3.63) is 18.7 Å². The fraction of sp³-hybridized carbons (Fsp3) is 0.714. The summed E-state index contributed by atoms with van der Waals surface area (Å²) in [5.74, 6) is 0.147. The van der Waals surface area contributed by atoms with Crippen LogP contribution in [0.3, 0.4) is 0 Å². The third-order valence-corrected chi connectivity index (χ3v) is 3.09. The molecule has 1 N–H and O–H groups in total. The highest BCUT2D eigenvalue weighted by atomic mass is 16.1. The molecule has 0 aliphatic carbocycles. The van der Waals surface area contributed by atoms with E-state index in [1.165, 1.54) is 12.8 Å². The summed E-state index contributed by atoms with van der Waals surface area (Å²) in [6, 6.07) is 0. The van der Waals surface area contributed by atoms with Crippen LogP contribution >= 0.6 is 0 Å². The maximum atomic E-state index is 11.6. The minimum atomic E-state index is 0.147. The van der Waals surface area contributed by atoms with Gasteiger partial charge in [0.05, 0.1) is 6.33 Å².